The molecule has 25 heavy (non-hydrogen) atoms. The zero-order valence-corrected chi connectivity index (χ0v) is 13.9. The predicted molar refractivity (Wildman–Crippen MR) is 91.2 cm³/mol. The topological polar surface area (TPSA) is 113 Å². The van der Waals surface area contributed by atoms with Gasteiger partial charge in [-0.1, -0.05) is 17.7 Å². The highest BCUT2D eigenvalue weighted by atomic mass is 32.2. The predicted octanol–water partition coefficient (Wildman–Crippen LogP) is 3.44. The summed E-state index contributed by atoms with van der Waals surface area (Å²) in [5.74, 6) is -0.177. The number of sulfone groups is 1. The highest BCUT2D eigenvalue weighted by Crippen LogP contribution is 2.34. The minimum atomic E-state index is -3.75. The van der Waals surface area contributed by atoms with E-state index in [1.807, 2.05) is 6.92 Å². The van der Waals surface area contributed by atoms with Gasteiger partial charge < -0.3 is 10.1 Å². The lowest BCUT2D eigenvalue weighted by molar-refractivity contribution is -0.384. The largest absolute Gasteiger partial charge is 0.507 e. The van der Waals surface area contributed by atoms with E-state index in [9.17, 15) is 23.6 Å². The summed E-state index contributed by atoms with van der Waals surface area (Å²) in [5, 5.41) is 20.8. The number of hydrogen-bond donors (Lipinski definition) is 2. The van der Waals surface area contributed by atoms with Crippen LogP contribution in [0.3, 0.4) is 0 Å². The second kappa shape index (κ2) is 6.06. The summed E-state index contributed by atoms with van der Waals surface area (Å²) in [4.78, 5) is 13.1. The fraction of sp³-hybridized carbons (Fsp3) is 0.0588. The van der Waals surface area contributed by atoms with E-state index in [0.29, 0.717) is 5.56 Å². The molecule has 3 rings (SSSR count). The van der Waals surface area contributed by atoms with Crippen LogP contribution in [0.2, 0.25) is 0 Å². The fourth-order valence-corrected chi connectivity index (χ4v) is 3.64. The molecule has 0 bridgehead atoms. The van der Waals surface area contributed by atoms with E-state index in [-0.39, 0.29) is 26.9 Å². The molecule has 0 saturated heterocycles. The molecule has 7 nitrogen and oxygen atoms in total. The molecule has 0 radical (unpaired) electrons. The van der Waals surface area contributed by atoms with Crippen LogP contribution in [0, 0.1) is 17.0 Å². The normalized spacial score (nSPS) is 11.4. The number of aromatic nitrogens is 1. The second-order valence-corrected chi connectivity index (χ2v) is 7.45. The van der Waals surface area contributed by atoms with Gasteiger partial charge in [-0.25, -0.2) is 8.42 Å². The number of H-pyrrole nitrogens is 1. The Morgan fingerprint density at radius 1 is 1.08 bits per heavy atom. The van der Waals surface area contributed by atoms with Crippen LogP contribution < -0.4 is 0 Å². The van der Waals surface area contributed by atoms with Crippen molar-refractivity contribution in [3.8, 4) is 16.9 Å². The van der Waals surface area contributed by atoms with Crippen molar-refractivity contribution in [3.05, 3.63) is 70.4 Å². The van der Waals surface area contributed by atoms with Crippen molar-refractivity contribution in [2.75, 3.05) is 0 Å². The van der Waals surface area contributed by atoms with Crippen LogP contribution in [0.5, 0.6) is 5.75 Å². The molecule has 0 aliphatic heterocycles. The molecule has 0 aliphatic carbocycles. The first-order valence-corrected chi connectivity index (χ1v) is 8.75. The Morgan fingerprint density at radius 3 is 2.40 bits per heavy atom. The number of nitrogens with one attached hydrogen (secondary N) is 1. The van der Waals surface area contributed by atoms with Gasteiger partial charge in [-0.15, -0.1) is 0 Å². The van der Waals surface area contributed by atoms with Crippen molar-refractivity contribution < 1.29 is 18.4 Å². The van der Waals surface area contributed by atoms with Crippen LogP contribution in [0.1, 0.15) is 5.56 Å². The molecule has 3 aromatic rings. The number of aromatic hydroxyl groups is 1. The Bertz CT molecular complexity index is 1050. The molecule has 1 aromatic heterocycles. The first kappa shape index (κ1) is 16.7. The van der Waals surface area contributed by atoms with E-state index in [0.717, 1.165) is 5.56 Å². The molecule has 8 heteroatoms. The quantitative estimate of drug-likeness (QED) is 0.548. The molecule has 2 N–H and O–H groups in total. The number of hydrogen-bond acceptors (Lipinski definition) is 5. The Hall–Kier alpha value is -3.13. The molecule has 0 atom stereocenters. The van der Waals surface area contributed by atoms with E-state index >= 15 is 0 Å². The molecule has 0 spiro atoms. The number of nitrogens with zero attached hydrogens (tertiary/aromatic N) is 1. The molecule has 0 amide bonds. The van der Waals surface area contributed by atoms with Gasteiger partial charge >= 0.3 is 0 Å². The van der Waals surface area contributed by atoms with Crippen molar-refractivity contribution in [2.24, 2.45) is 0 Å². The van der Waals surface area contributed by atoms with Crippen LogP contribution in [0.15, 0.2) is 64.6 Å². The van der Waals surface area contributed by atoms with Gasteiger partial charge in [0.15, 0.2) is 0 Å². The number of aromatic amines is 1. The molecular weight excluding hydrogens is 344 g/mol. The van der Waals surface area contributed by atoms with E-state index in [1.165, 1.54) is 42.6 Å². The first-order valence-electron chi connectivity index (χ1n) is 7.27. The third-order valence-electron chi connectivity index (χ3n) is 3.78. The van der Waals surface area contributed by atoms with Crippen LogP contribution in [0.4, 0.5) is 5.69 Å². The SMILES string of the molecule is Cc1ccc(S(=O)(=O)c2cc(-c3cc([N+](=O)[O-])ccc3O)c[nH]2)cc1. The summed E-state index contributed by atoms with van der Waals surface area (Å²) >= 11 is 0. The lowest BCUT2D eigenvalue weighted by atomic mass is 10.1. The van der Waals surface area contributed by atoms with Gasteiger partial charge in [0.05, 0.1) is 9.82 Å². The van der Waals surface area contributed by atoms with Crippen molar-refractivity contribution in [1.82, 2.24) is 4.98 Å². The summed E-state index contributed by atoms with van der Waals surface area (Å²) in [5.41, 5.74) is 1.26. The summed E-state index contributed by atoms with van der Waals surface area (Å²) < 4.78 is 25.3. The highest BCUT2D eigenvalue weighted by Gasteiger charge is 2.21. The number of phenolic OH excluding ortho intramolecular Hbond substituents is 1. The summed E-state index contributed by atoms with van der Waals surface area (Å²) in [7, 11) is -3.75. The van der Waals surface area contributed by atoms with Crippen LogP contribution in [-0.4, -0.2) is 23.4 Å². The van der Waals surface area contributed by atoms with Gasteiger partial charge in [-0.05, 0) is 31.2 Å². The van der Waals surface area contributed by atoms with Gasteiger partial charge in [0.2, 0.25) is 9.84 Å². The number of benzene rings is 2. The maximum absolute atomic E-state index is 12.6. The maximum Gasteiger partial charge on any atom is 0.270 e. The Morgan fingerprint density at radius 2 is 1.76 bits per heavy atom. The molecule has 2 aromatic carbocycles. The van der Waals surface area contributed by atoms with E-state index in [4.69, 9.17) is 0 Å². The van der Waals surface area contributed by atoms with Crippen LogP contribution in [-0.2, 0) is 9.84 Å². The van der Waals surface area contributed by atoms with Crippen LogP contribution >= 0.6 is 0 Å². The van der Waals surface area contributed by atoms with E-state index < -0.39 is 14.8 Å². The second-order valence-electron chi connectivity index (χ2n) is 5.53. The van der Waals surface area contributed by atoms with Crippen LogP contribution in [0.25, 0.3) is 11.1 Å². The van der Waals surface area contributed by atoms with Crippen molar-refractivity contribution in [2.45, 2.75) is 16.8 Å². The zero-order valence-electron chi connectivity index (χ0n) is 13.1. The minimum Gasteiger partial charge on any atom is -0.507 e. The maximum atomic E-state index is 12.6. The monoisotopic (exact) mass is 358 g/mol. The van der Waals surface area contributed by atoms with Gasteiger partial charge in [-0.3, -0.25) is 10.1 Å². The van der Waals surface area contributed by atoms with E-state index in [1.54, 1.807) is 12.1 Å². The molecule has 0 aliphatic rings. The Labute approximate surface area is 143 Å². The summed E-state index contributed by atoms with van der Waals surface area (Å²) in [6.07, 6.45) is 1.39. The van der Waals surface area contributed by atoms with Gasteiger partial charge in [-0.2, -0.15) is 0 Å². The molecule has 0 fully saturated rings. The third kappa shape index (κ3) is 3.11. The lowest BCUT2D eigenvalue weighted by Crippen LogP contribution is -2.02. The molecule has 0 saturated carbocycles. The average molecular weight is 358 g/mol. The van der Waals surface area contributed by atoms with Gasteiger partial charge in [0.1, 0.15) is 10.8 Å². The van der Waals surface area contributed by atoms with Crippen molar-refractivity contribution >= 4 is 15.5 Å². The molecular formula is C17H14N2O5S. The van der Waals surface area contributed by atoms with Crippen molar-refractivity contribution in [3.63, 3.8) is 0 Å². The number of nitro benzene ring substituents is 1. The lowest BCUT2D eigenvalue weighted by Gasteiger charge is -2.03. The first-order chi connectivity index (χ1) is 11.8. The smallest absolute Gasteiger partial charge is 0.270 e. The summed E-state index contributed by atoms with van der Waals surface area (Å²) in [6.45, 7) is 1.86. The zero-order chi connectivity index (χ0) is 18.2. The number of rotatable bonds is 4. The third-order valence-corrected chi connectivity index (χ3v) is 5.49. The number of non-ortho nitro benzene ring substituents is 1. The fourth-order valence-electron chi connectivity index (χ4n) is 2.40. The Balaban J connectivity index is 2.05. The molecule has 1 heterocycles. The molecule has 0 unspecified atom stereocenters. The van der Waals surface area contributed by atoms with Gasteiger partial charge in [0, 0.05) is 29.5 Å². The average Bonchev–Trinajstić information content (AvgIpc) is 3.06. The standard InChI is InChI=1S/C17H14N2O5S/c1-11-2-5-14(6-3-11)25(23,24)17-8-12(10-18-17)15-9-13(19(21)22)4-7-16(15)20/h2-10,18,20H,1H3. The molecule has 128 valence electrons. The Kier molecular flexibility index (Phi) is 4.05. The number of aryl methyl sites for hydroxylation is 1. The number of phenols is 1. The minimum absolute atomic E-state index is 0.0581. The highest BCUT2D eigenvalue weighted by molar-refractivity contribution is 7.91. The van der Waals surface area contributed by atoms with Crippen molar-refractivity contribution in [1.29, 1.82) is 0 Å². The van der Waals surface area contributed by atoms with Gasteiger partial charge in [0.25, 0.3) is 5.69 Å². The number of nitro groups is 1. The summed E-state index contributed by atoms with van der Waals surface area (Å²) in [6, 6.07) is 11.3. The van der Waals surface area contributed by atoms with E-state index in [2.05, 4.69) is 4.98 Å².